The Kier molecular flexibility index (Phi) is 5.09. The largest absolute Gasteiger partial charge is 0.347 e. The molecule has 0 aliphatic heterocycles. The van der Waals surface area contributed by atoms with Crippen molar-refractivity contribution in [1.29, 1.82) is 0 Å². The van der Waals surface area contributed by atoms with E-state index in [1.165, 1.54) is 29.3 Å². The Labute approximate surface area is 134 Å². The molecule has 0 saturated carbocycles. The number of benzene rings is 1. The smallest absolute Gasteiger partial charge is 0.291 e. The van der Waals surface area contributed by atoms with E-state index in [2.05, 4.69) is 19.8 Å². The maximum atomic E-state index is 13.0. The van der Waals surface area contributed by atoms with Gasteiger partial charge in [0.1, 0.15) is 11.6 Å². The topological polar surface area (TPSA) is 89.2 Å². The van der Waals surface area contributed by atoms with Gasteiger partial charge in [-0.25, -0.2) is 18.4 Å². The van der Waals surface area contributed by atoms with Crippen LogP contribution in [0.2, 0.25) is 0 Å². The zero-order chi connectivity index (χ0) is 17.0. The number of nitrogens with zero attached hydrogens (tertiary/aromatic N) is 4. The van der Waals surface area contributed by atoms with Crippen LogP contribution in [0.1, 0.15) is 16.4 Å². The highest BCUT2D eigenvalue weighted by Crippen LogP contribution is 2.10. The first-order valence-electron chi connectivity index (χ1n) is 6.87. The highest BCUT2D eigenvalue weighted by atomic mass is 32.2. The number of aromatic nitrogens is 3. The van der Waals surface area contributed by atoms with Crippen molar-refractivity contribution in [2.24, 2.45) is 4.36 Å². The van der Waals surface area contributed by atoms with Crippen LogP contribution in [0.5, 0.6) is 0 Å². The second kappa shape index (κ2) is 6.86. The molecule has 0 radical (unpaired) electrons. The monoisotopic (exact) mass is 339 g/mol. The number of hydrogen-bond acceptors (Lipinski definition) is 5. The third-order valence-electron chi connectivity index (χ3n) is 2.84. The van der Waals surface area contributed by atoms with Crippen LogP contribution < -0.4 is 5.32 Å². The summed E-state index contributed by atoms with van der Waals surface area (Å²) in [6.07, 6.45) is 3.06. The Bertz CT molecular complexity index is 814. The van der Waals surface area contributed by atoms with Crippen LogP contribution in [0.3, 0.4) is 0 Å². The molecule has 1 aromatic carbocycles. The van der Waals surface area contributed by atoms with Gasteiger partial charge < -0.3 is 5.32 Å². The van der Waals surface area contributed by atoms with Gasteiger partial charge in [-0.1, -0.05) is 0 Å². The molecule has 0 saturated heterocycles. The van der Waals surface area contributed by atoms with Crippen molar-refractivity contribution in [3.05, 3.63) is 41.7 Å². The summed E-state index contributed by atoms with van der Waals surface area (Å²) in [6.45, 7) is 2.21. The summed E-state index contributed by atoms with van der Waals surface area (Å²) in [6, 6.07) is 5.72. The molecule has 1 N–H and O–H groups in total. The number of rotatable bonds is 5. The lowest BCUT2D eigenvalue weighted by Gasteiger charge is -2.02. The molecule has 7 nitrogen and oxygen atoms in total. The first-order valence-corrected chi connectivity index (χ1v) is 9.20. The lowest BCUT2D eigenvalue weighted by Crippen LogP contribution is -2.27. The van der Waals surface area contributed by atoms with Crippen molar-refractivity contribution in [2.45, 2.75) is 6.92 Å². The quantitative estimate of drug-likeness (QED) is 0.828. The van der Waals surface area contributed by atoms with Crippen molar-refractivity contribution in [3.63, 3.8) is 0 Å². The SMILES string of the molecule is Cc1nc(C(=O)NCCN=S(C)(C)=O)nn1-c1ccc(F)cc1. The van der Waals surface area contributed by atoms with Crippen LogP contribution in [0.15, 0.2) is 28.6 Å². The standard InChI is InChI=1S/C14H18FN5O2S/c1-10-18-13(14(21)16-8-9-17-23(2,3)22)19-20(10)12-6-4-11(15)5-7-12/h4-7H,8-9H2,1-3H3,(H,16,21). The van der Waals surface area contributed by atoms with Crippen molar-refractivity contribution in [2.75, 3.05) is 25.6 Å². The Balaban J connectivity index is 2.07. The average molecular weight is 339 g/mol. The molecule has 2 aromatic rings. The average Bonchev–Trinajstić information content (AvgIpc) is 2.85. The molecule has 2 rings (SSSR count). The maximum absolute atomic E-state index is 13.0. The van der Waals surface area contributed by atoms with Crippen LogP contribution in [0.4, 0.5) is 4.39 Å². The zero-order valence-electron chi connectivity index (χ0n) is 13.1. The zero-order valence-corrected chi connectivity index (χ0v) is 13.9. The number of carbonyl (C=O) groups is 1. The van der Waals surface area contributed by atoms with Gasteiger partial charge in [0.2, 0.25) is 5.82 Å². The molecular formula is C14H18FN5O2S. The van der Waals surface area contributed by atoms with Crippen LogP contribution in [0.25, 0.3) is 5.69 Å². The van der Waals surface area contributed by atoms with E-state index in [1.54, 1.807) is 19.1 Å². The number of halogens is 1. The third kappa shape index (κ3) is 4.85. The summed E-state index contributed by atoms with van der Waals surface area (Å²) in [5.41, 5.74) is 0.613. The predicted molar refractivity (Wildman–Crippen MR) is 85.7 cm³/mol. The van der Waals surface area contributed by atoms with E-state index in [0.717, 1.165) is 0 Å². The fraction of sp³-hybridized carbons (Fsp3) is 0.357. The molecular weight excluding hydrogens is 321 g/mol. The first kappa shape index (κ1) is 17.1. The molecule has 1 aromatic heterocycles. The van der Waals surface area contributed by atoms with Gasteiger partial charge in [-0.2, -0.15) is 0 Å². The highest BCUT2D eigenvalue weighted by Gasteiger charge is 2.14. The Morgan fingerprint density at radius 3 is 2.61 bits per heavy atom. The van der Waals surface area contributed by atoms with Gasteiger partial charge in [-0.15, -0.1) is 5.10 Å². The maximum Gasteiger partial charge on any atom is 0.291 e. The lowest BCUT2D eigenvalue weighted by molar-refractivity contribution is 0.0944. The summed E-state index contributed by atoms with van der Waals surface area (Å²) >= 11 is 0. The van der Waals surface area contributed by atoms with Crippen LogP contribution >= 0.6 is 0 Å². The number of nitrogens with one attached hydrogen (secondary N) is 1. The van der Waals surface area contributed by atoms with E-state index in [4.69, 9.17) is 0 Å². The van der Waals surface area contributed by atoms with Gasteiger partial charge >= 0.3 is 0 Å². The predicted octanol–water partition coefficient (Wildman–Crippen LogP) is 1.17. The molecule has 0 atom stereocenters. The molecule has 0 aliphatic rings. The molecule has 124 valence electrons. The van der Waals surface area contributed by atoms with Crippen LogP contribution in [-0.2, 0) is 9.73 Å². The first-order chi connectivity index (χ1) is 10.8. The Morgan fingerprint density at radius 1 is 1.35 bits per heavy atom. The minimum Gasteiger partial charge on any atom is -0.347 e. The van der Waals surface area contributed by atoms with E-state index in [-0.39, 0.29) is 24.7 Å². The molecule has 1 amide bonds. The fourth-order valence-corrected chi connectivity index (χ4v) is 2.36. The van der Waals surface area contributed by atoms with Crippen molar-refractivity contribution in [3.8, 4) is 5.69 Å². The van der Waals surface area contributed by atoms with Crippen molar-refractivity contribution in [1.82, 2.24) is 20.1 Å². The van der Waals surface area contributed by atoms with E-state index in [9.17, 15) is 13.4 Å². The minimum absolute atomic E-state index is 0.0144. The highest BCUT2D eigenvalue weighted by molar-refractivity contribution is 7.92. The van der Waals surface area contributed by atoms with Crippen LogP contribution in [-0.4, -0.2) is 50.5 Å². The summed E-state index contributed by atoms with van der Waals surface area (Å²) in [5, 5.41) is 6.74. The molecule has 9 heteroatoms. The molecule has 23 heavy (non-hydrogen) atoms. The molecule has 0 fully saturated rings. The van der Waals surface area contributed by atoms with Crippen LogP contribution in [0, 0.1) is 12.7 Å². The van der Waals surface area contributed by atoms with Crippen molar-refractivity contribution < 1.29 is 13.4 Å². The van der Waals surface area contributed by atoms with E-state index in [1.807, 2.05) is 0 Å². The third-order valence-corrected chi connectivity index (χ3v) is 3.65. The van der Waals surface area contributed by atoms with Gasteiger partial charge in [-0.3, -0.25) is 9.00 Å². The minimum atomic E-state index is -2.17. The molecule has 1 heterocycles. The second-order valence-electron chi connectivity index (χ2n) is 5.16. The van der Waals surface area contributed by atoms with Gasteiger partial charge in [-0.05, 0) is 31.2 Å². The number of hydrogen-bond donors (Lipinski definition) is 1. The summed E-state index contributed by atoms with van der Waals surface area (Å²) in [5.74, 6) is -0.267. The van der Waals surface area contributed by atoms with Gasteiger partial charge in [0.25, 0.3) is 5.91 Å². The molecule has 0 aliphatic carbocycles. The fourth-order valence-electron chi connectivity index (χ4n) is 1.83. The normalized spacial score (nSPS) is 11.3. The molecule has 0 spiro atoms. The van der Waals surface area contributed by atoms with Gasteiger partial charge in [0, 0.05) is 28.8 Å². The number of carbonyl (C=O) groups excluding carboxylic acids is 1. The molecule has 0 bridgehead atoms. The lowest BCUT2D eigenvalue weighted by atomic mass is 10.3. The summed E-state index contributed by atoms with van der Waals surface area (Å²) < 4.78 is 29.7. The van der Waals surface area contributed by atoms with E-state index < -0.39 is 15.6 Å². The second-order valence-corrected chi connectivity index (χ2v) is 7.78. The Hall–Kier alpha value is -2.29. The number of amides is 1. The number of aryl methyl sites for hydroxylation is 1. The Morgan fingerprint density at radius 2 is 2.00 bits per heavy atom. The summed E-state index contributed by atoms with van der Waals surface area (Å²) in [7, 11) is -2.17. The molecule has 0 unspecified atom stereocenters. The van der Waals surface area contributed by atoms with E-state index >= 15 is 0 Å². The van der Waals surface area contributed by atoms with Gasteiger partial charge in [0.05, 0.1) is 12.2 Å². The van der Waals surface area contributed by atoms with Gasteiger partial charge in [0.15, 0.2) is 0 Å². The van der Waals surface area contributed by atoms with Crippen molar-refractivity contribution >= 4 is 15.6 Å². The van der Waals surface area contributed by atoms with E-state index in [0.29, 0.717) is 11.5 Å². The summed E-state index contributed by atoms with van der Waals surface area (Å²) in [4.78, 5) is 16.1.